The molecule has 6 nitrogen and oxygen atoms in total. The van der Waals surface area contributed by atoms with E-state index in [2.05, 4.69) is 47.4 Å². The Kier molecular flexibility index (Phi) is 8.28. The number of hydrogen-bond donors (Lipinski definition) is 2. The van der Waals surface area contributed by atoms with E-state index in [-0.39, 0.29) is 22.6 Å². The first-order chi connectivity index (χ1) is 20.0. The molecule has 1 aromatic heterocycles. The molecule has 0 aliphatic heterocycles. The number of amides is 1. The minimum absolute atomic E-state index is 0.0373. The van der Waals surface area contributed by atoms with Crippen LogP contribution in [0.1, 0.15) is 32.0 Å². The van der Waals surface area contributed by atoms with E-state index >= 15 is 0 Å². The minimum atomic E-state index is -4.63. The number of H-pyrrole nitrogens is 1. The molecule has 212 valence electrons. The number of nitrogens with zero attached hydrogens (tertiary/aromatic N) is 1. The SMILES string of the molecule is O=C(Oc1c(Br)cc(Br)cc1C=NNC(=O)c1[nH]c2ccc(F)cc2c1-c1ccccc1)c1cccc(C(F)(F)F)c1. The van der Waals surface area contributed by atoms with Crippen molar-refractivity contribution in [3.63, 3.8) is 0 Å². The van der Waals surface area contributed by atoms with Crippen molar-refractivity contribution in [2.24, 2.45) is 5.10 Å². The zero-order valence-corrected chi connectivity index (χ0v) is 24.3. The molecule has 2 N–H and O–H groups in total. The molecule has 5 rings (SSSR count). The molecule has 0 bridgehead atoms. The molecule has 0 atom stereocenters. The number of halogens is 6. The van der Waals surface area contributed by atoms with Crippen molar-refractivity contribution in [2.75, 3.05) is 0 Å². The lowest BCUT2D eigenvalue weighted by atomic mass is 10.0. The maximum Gasteiger partial charge on any atom is 0.416 e. The van der Waals surface area contributed by atoms with Gasteiger partial charge in [-0.1, -0.05) is 52.3 Å². The van der Waals surface area contributed by atoms with Crippen LogP contribution in [0.3, 0.4) is 0 Å². The van der Waals surface area contributed by atoms with Gasteiger partial charge in [0.1, 0.15) is 11.5 Å². The third-order valence-electron chi connectivity index (χ3n) is 6.08. The molecule has 12 heteroatoms. The number of benzene rings is 4. The summed E-state index contributed by atoms with van der Waals surface area (Å²) in [7, 11) is 0. The number of nitrogens with one attached hydrogen (secondary N) is 2. The molecule has 1 heterocycles. The van der Waals surface area contributed by atoms with Crippen LogP contribution in [-0.2, 0) is 6.18 Å². The van der Waals surface area contributed by atoms with E-state index in [0.717, 1.165) is 12.1 Å². The van der Waals surface area contributed by atoms with Gasteiger partial charge in [-0.2, -0.15) is 18.3 Å². The second kappa shape index (κ2) is 11.9. The van der Waals surface area contributed by atoms with Crippen LogP contribution in [-0.4, -0.2) is 23.1 Å². The quantitative estimate of drug-likeness (QED) is 0.0612. The second-order valence-corrected chi connectivity index (χ2v) is 10.7. The predicted octanol–water partition coefficient (Wildman–Crippen LogP) is 8.50. The fraction of sp³-hybridized carbons (Fsp3) is 0.0333. The number of rotatable bonds is 6. The molecule has 0 unspecified atom stereocenters. The van der Waals surface area contributed by atoms with E-state index in [0.29, 0.717) is 37.0 Å². The monoisotopic (exact) mass is 701 g/mol. The van der Waals surface area contributed by atoms with E-state index in [1.165, 1.54) is 36.5 Å². The molecule has 5 aromatic rings. The van der Waals surface area contributed by atoms with E-state index < -0.39 is 29.4 Å². The molecule has 0 saturated heterocycles. The van der Waals surface area contributed by atoms with Crippen molar-refractivity contribution in [3.05, 3.63) is 122 Å². The first-order valence-electron chi connectivity index (χ1n) is 12.1. The Balaban J connectivity index is 1.43. The number of carbonyl (C=O) groups excluding carboxylic acids is 2. The summed E-state index contributed by atoms with van der Waals surface area (Å²) in [6.45, 7) is 0. The summed E-state index contributed by atoms with van der Waals surface area (Å²) in [5.74, 6) is -2.15. The van der Waals surface area contributed by atoms with Gasteiger partial charge < -0.3 is 9.72 Å². The topological polar surface area (TPSA) is 83.5 Å². The van der Waals surface area contributed by atoms with Gasteiger partial charge in [0.2, 0.25) is 0 Å². The molecule has 42 heavy (non-hydrogen) atoms. The number of hydrogen-bond acceptors (Lipinski definition) is 4. The largest absolute Gasteiger partial charge is 0.421 e. The summed E-state index contributed by atoms with van der Waals surface area (Å²) < 4.78 is 59.7. The van der Waals surface area contributed by atoms with Crippen LogP contribution in [0.2, 0.25) is 0 Å². The Morgan fingerprint density at radius 2 is 1.69 bits per heavy atom. The van der Waals surface area contributed by atoms with Crippen molar-refractivity contribution in [3.8, 4) is 16.9 Å². The highest BCUT2D eigenvalue weighted by Crippen LogP contribution is 2.35. The number of esters is 1. The van der Waals surface area contributed by atoms with Gasteiger partial charge in [0, 0.05) is 26.5 Å². The van der Waals surface area contributed by atoms with Gasteiger partial charge in [0.25, 0.3) is 5.91 Å². The minimum Gasteiger partial charge on any atom is -0.421 e. The van der Waals surface area contributed by atoms with Crippen LogP contribution < -0.4 is 10.2 Å². The van der Waals surface area contributed by atoms with Gasteiger partial charge in [-0.15, -0.1) is 0 Å². The molecule has 4 aromatic carbocycles. The standard InChI is InChI=1S/C30H17Br2F4N3O3/c31-20-12-18(27(23(32)13-20)42-29(41)17-7-4-8-19(11-17)30(34,35)36)15-37-39-28(40)26-25(16-5-2-1-3-6-16)22-14-21(33)9-10-24(22)38-26/h1-15,38H,(H,39,40). The van der Waals surface area contributed by atoms with Crippen molar-refractivity contribution in [1.82, 2.24) is 10.4 Å². The van der Waals surface area contributed by atoms with Gasteiger partial charge in [-0.25, -0.2) is 14.6 Å². The first kappa shape index (κ1) is 29.2. The van der Waals surface area contributed by atoms with E-state index in [9.17, 15) is 27.2 Å². The van der Waals surface area contributed by atoms with Crippen molar-refractivity contribution < 1.29 is 31.9 Å². The Hall–Kier alpha value is -4.29. The van der Waals surface area contributed by atoms with E-state index in [4.69, 9.17) is 4.74 Å². The highest BCUT2D eigenvalue weighted by Gasteiger charge is 2.31. The van der Waals surface area contributed by atoms with E-state index in [1.54, 1.807) is 30.3 Å². The Morgan fingerprint density at radius 1 is 0.929 bits per heavy atom. The lowest BCUT2D eigenvalue weighted by Gasteiger charge is -2.12. The van der Waals surface area contributed by atoms with Crippen LogP contribution in [0.25, 0.3) is 22.0 Å². The summed E-state index contributed by atoms with van der Waals surface area (Å²) in [6, 6.07) is 20.1. The van der Waals surface area contributed by atoms with Gasteiger partial charge in [0.15, 0.2) is 5.75 Å². The van der Waals surface area contributed by atoms with Crippen LogP contribution in [0.15, 0.2) is 99.0 Å². The zero-order chi connectivity index (χ0) is 30.0. The maximum absolute atomic E-state index is 14.1. The molecule has 0 saturated carbocycles. The lowest BCUT2D eigenvalue weighted by molar-refractivity contribution is -0.137. The number of aromatic amines is 1. The van der Waals surface area contributed by atoms with E-state index in [1.807, 2.05) is 6.07 Å². The summed E-state index contributed by atoms with van der Waals surface area (Å²) in [4.78, 5) is 29.0. The number of alkyl halides is 3. The molecule has 0 radical (unpaired) electrons. The van der Waals surface area contributed by atoms with Gasteiger partial charge in [-0.3, -0.25) is 4.79 Å². The van der Waals surface area contributed by atoms with Gasteiger partial charge in [-0.05, 0) is 70.0 Å². The molecular formula is C30H17Br2F4N3O3. The van der Waals surface area contributed by atoms with Crippen LogP contribution in [0.5, 0.6) is 5.75 Å². The van der Waals surface area contributed by atoms with Gasteiger partial charge in [0.05, 0.1) is 21.8 Å². The summed E-state index contributed by atoms with van der Waals surface area (Å²) in [6.07, 6.45) is -3.42. The highest BCUT2D eigenvalue weighted by atomic mass is 79.9. The summed E-state index contributed by atoms with van der Waals surface area (Å²) in [5.41, 5.74) is 3.20. The average molecular weight is 703 g/mol. The predicted molar refractivity (Wildman–Crippen MR) is 157 cm³/mol. The smallest absolute Gasteiger partial charge is 0.416 e. The summed E-state index contributed by atoms with van der Waals surface area (Å²) in [5, 5.41) is 4.52. The molecule has 0 spiro atoms. The third-order valence-corrected chi connectivity index (χ3v) is 7.12. The average Bonchev–Trinajstić information content (AvgIpc) is 3.33. The Bertz CT molecular complexity index is 1850. The molecule has 0 aliphatic carbocycles. The number of ether oxygens (including phenoxy) is 1. The summed E-state index contributed by atoms with van der Waals surface area (Å²) >= 11 is 6.62. The number of hydrazone groups is 1. The normalized spacial score (nSPS) is 11.7. The van der Waals surface area contributed by atoms with Crippen LogP contribution >= 0.6 is 31.9 Å². The van der Waals surface area contributed by atoms with Crippen molar-refractivity contribution >= 4 is 60.9 Å². The zero-order valence-electron chi connectivity index (χ0n) is 21.1. The number of fused-ring (bicyclic) bond motifs is 1. The fourth-order valence-corrected chi connectivity index (χ4v) is 5.55. The Labute approximate surface area is 252 Å². The second-order valence-electron chi connectivity index (χ2n) is 8.90. The number of carbonyl (C=O) groups is 2. The third kappa shape index (κ3) is 6.29. The first-order valence-corrected chi connectivity index (χ1v) is 13.7. The van der Waals surface area contributed by atoms with Crippen molar-refractivity contribution in [2.45, 2.75) is 6.18 Å². The molecule has 0 aliphatic rings. The number of aromatic nitrogens is 1. The van der Waals surface area contributed by atoms with Crippen molar-refractivity contribution in [1.29, 1.82) is 0 Å². The van der Waals surface area contributed by atoms with Crippen LogP contribution in [0, 0.1) is 5.82 Å². The van der Waals surface area contributed by atoms with Gasteiger partial charge >= 0.3 is 12.1 Å². The highest BCUT2D eigenvalue weighted by molar-refractivity contribution is 9.11. The lowest BCUT2D eigenvalue weighted by Crippen LogP contribution is -2.19. The Morgan fingerprint density at radius 3 is 2.43 bits per heavy atom. The molecule has 0 fully saturated rings. The molecule has 1 amide bonds. The molecular weight excluding hydrogens is 686 g/mol. The van der Waals surface area contributed by atoms with Crippen LogP contribution in [0.4, 0.5) is 17.6 Å². The fourth-order valence-electron chi connectivity index (χ4n) is 4.21. The maximum atomic E-state index is 14.1.